The first-order chi connectivity index (χ1) is 6.99. The van der Waals surface area contributed by atoms with Crippen molar-refractivity contribution in [3.05, 3.63) is 20.8 Å². The van der Waals surface area contributed by atoms with Crippen molar-refractivity contribution < 1.29 is 9.59 Å². The predicted octanol–water partition coefficient (Wildman–Crippen LogP) is 2.45. The number of nitrogens with zero attached hydrogens (tertiary/aromatic N) is 1. The molecule has 0 N–H and O–H groups in total. The molecule has 3 nitrogen and oxygen atoms in total. The lowest BCUT2D eigenvalue weighted by Gasteiger charge is -2.15. The van der Waals surface area contributed by atoms with E-state index in [1.54, 1.807) is 23.3 Å². The van der Waals surface area contributed by atoms with E-state index in [2.05, 4.69) is 15.9 Å². The van der Waals surface area contributed by atoms with Crippen LogP contribution in [0.15, 0.2) is 15.2 Å². The molecule has 0 unspecified atom stereocenters. The van der Waals surface area contributed by atoms with Crippen molar-refractivity contribution in [3.63, 3.8) is 0 Å². The SMILES string of the molecule is CC(=O)CC(=O)N(C)Cc1csc(Br)c1. The highest BCUT2D eigenvalue weighted by atomic mass is 79.9. The lowest BCUT2D eigenvalue weighted by Crippen LogP contribution is -2.27. The molecule has 0 saturated carbocycles. The average Bonchev–Trinajstić information content (AvgIpc) is 2.50. The van der Waals surface area contributed by atoms with E-state index < -0.39 is 0 Å². The number of rotatable bonds is 4. The Kier molecular flexibility index (Phi) is 4.47. The number of amides is 1. The zero-order chi connectivity index (χ0) is 11.4. The second kappa shape index (κ2) is 5.42. The highest BCUT2D eigenvalue weighted by Gasteiger charge is 2.11. The molecule has 1 aromatic heterocycles. The van der Waals surface area contributed by atoms with Crippen molar-refractivity contribution in [2.24, 2.45) is 0 Å². The standard InChI is InChI=1S/C10H12BrNO2S/c1-7(13)3-10(14)12(2)5-8-4-9(11)15-6-8/h4,6H,3,5H2,1-2H3. The summed E-state index contributed by atoms with van der Waals surface area (Å²) >= 11 is 4.94. The van der Waals surface area contributed by atoms with Gasteiger partial charge in [-0.15, -0.1) is 11.3 Å². The number of thiophene rings is 1. The van der Waals surface area contributed by atoms with E-state index in [0.717, 1.165) is 9.35 Å². The van der Waals surface area contributed by atoms with Gasteiger partial charge in [0.2, 0.25) is 5.91 Å². The van der Waals surface area contributed by atoms with Crippen LogP contribution in [0, 0.1) is 0 Å². The highest BCUT2D eigenvalue weighted by molar-refractivity contribution is 9.11. The van der Waals surface area contributed by atoms with E-state index in [1.807, 2.05) is 11.4 Å². The molecule has 0 fully saturated rings. The smallest absolute Gasteiger partial charge is 0.230 e. The van der Waals surface area contributed by atoms with Crippen LogP contribution in [0.4, 0.5) is 0 Å². The first-order valence-electron chi connectivity index (χ1n) is 4.45. The van der Waals surface area contributed by atoms with Gasteiger partial charge in [0, 0.05) is 13.6 Å². The second-order valence-corrected chi connectivity index (χ2v) is 5.68. The highest BCUT2D eigenvalue weighted by Crippen LogP contribution is 2.21. The fourth-order valence-electron chi connectivity index (χ4n) is 1.14. The molecule has 0 aromatic carbocycles. The van der Waals surface area contributed by atoms with Crippen LogP contribution >= 0.6 is 27.3 Å². The van der Waals surface area contributed by atoms with E-state index in [9.17, 15) is 9.59 Å². The molecule has 0 aliphatic carbocycles. The Bertz CT molecular complexity index is 375. The molecule has 1 heterocycles. The first-order valence-corrected chi connectivity index (χ1v) is 6.12. The summed E-state index contributed by atoms with van der Waals surface area (Å²) in [5, 5.41) is 1.99. The molecule has 0 bridgehead atoms. The number of carbonyl (C=O) groups excluding carboxylic acids is 2. The monoisotopic (exact) mass is 289 g/mol. The van der Waals surface area contributed by atoms with Crippen LogP contribution < -0.4 is 0 Å². The number of hydrogen-bond acceptors (Lipinski definition) is 3. The molecule has 0 saturated heterocycles. The number of ketones is 1. The van der Waals surface area contributed by atoms with Gasteiger partial charge in [-0.05, 0) is 39.9 Å². The van der Waals surface area contributed by atoms with Crippen molar-refractivity contribution in [1.82, 2.24) is 4.90 Å². The molecule has 0 aliphatic rings. The molecule has 15 heavy (non-hydrogen) atoms. The van der Waals surface area contributed by atoms with E-state index in [-0.39, 0.29) is 18.1 Å². The van der Waals surface area contributed by atoms with Gasteiger partial charge in [-0.2, -0.15) is 0 Å². The van der Waals surface area contributed by atoms with Crippen molar-refractivity contribution in [3.8, 4) is 0 Å². The number of carbonyl (C=O) groups is 2. The van der Waals surface area contributed by atoms with Gasteiger partial charge >= 0.3 is 0 Å². The number of halogens is 1. The topological polar surface area (TPSA) is 37.4 Å². The fourth-order valence-corrected chi connectivity index (χ4v) is 2.34. The van der Waals surface area contributed by atoms with Gasteiger partial charge in [0.05, 0.1) is 10.2 Å². The molecular formula is C10H12BrNO2S. The molecule has 82 valence electrons. The van der Waals surface area contributed by atoms with Crippen LogP contribution in [0.1, 0.15) is 18.9 Å². The van der Waals surface area contributed by atoms with Crippen LogP contribution in [0.3, 0.4) is 0 Å². The van der Waals surface area contributed by atoms with Gasteiger partial charge in [0.1, 0.15) is 5.78 Å². The van der Waals surface area contributed by atoms with Gasteiger partial charge in [-0.1, -0.05) is 0 Å². The summed E-state index contributed by atoms with van der Waals surface area (Å²) in [6.07, 6.45) is -0.0121. The minimum Gasteiger partial charge on any atom is -0.341 e. The molecule has 5 heteroatoms. The van der Waals surface area contributed by atoms with Crippen LogP contribution in [-0.2, 0) is 16.1 Å². The van der Waals surface area contributed by atoms with Gasteiger partial charge in [0.15, 0.2) is 0 Å². The van der Waals surface area contributed by atoms with Crippen LogP contribution in [0.2, 0.25) is 0 Å². The largest absolute Gasteiger partial charge is 0.341 e. The summed E-state index contributed by atoms with van der Waals surface area (Å²) in [5.41, 5.74) is 1.08. The molecule has 0 spiro atoms. The molecule has 1 aromatic rings. The van der Waals surface area contributed by atoms with Gasteiger partial charge in [0.25, 0.3) is 0 Å². The molecule has 1 rings (SSSR count). The molecule has 0 radical (unpaired) electrons. The predicted molar refractivity (Wildman–Crippen MR) is 63.8 cm³/mol. The third-order valence-corrected chi connectivity index (χ3v) is 3.42. The quantitative estimate of drug-likeness (QED) is 0.799. The lowest BCUT2D eigenvalue weighted by atomic mass is 10.2. The maximum absolute atomic E-state index is 11.5. The van der Waals surface area contributed by atoms with Crippen LogP contribution in [-0.4, -0.2) is 23.6 Å². The van der Waals surface area contributed by atoms with E-state index in [4.69, 9.17) is 0 Å². The zero-order valence-electron chi connectivity index (χ0n) is 8.62. The Morgan fingerprint density at radius 2 is 2.20 bits per heavy atom. The van der Waals surface area contributed by atoms with Gasteiger partial charge in [-0.25, -0.2) is 0 Å². The Labute approximate surface area is 101 Å². The third-order valence-electron chi connectivity index (χ3n) is 1.87. The minimum absolute atomic E-state index is 0.0121. The van der Waals surface area contributed by atoms with Crippen molar-refractivity contribution in [2.75, 3.05) is 7.05 Å². The first kappa shape index (κ1) is 12.4. The van der Waals surface area contributed by atoms with Crippen molar-refractivity contribution >= 4 is 39.0 Å². The summed E-state index contributed by atoms with van der Waals surface area (Å²) in [6.45, 7) is 1.97. The normalized spacial score (nSPS) is 10.1. The Hall–Kier alpha value is -0.680. The van der Waals surface area contributed by atoms with E-state index in [1.165, 1.54) is 6.92 Å². The maximum Gasteiger partial charge on any atom is 0.230 e. The van der Waals surface area contributed by atoms with Crippen molar-refractivity contribution in [2.45, 2.75) is 19.9 Å². The van der Waals surface area contributed by atoms with Crippen LogP contribution in [0.25, 0.3) is 0 Å². The Balaban J connectivity index is 2.51. The average molecular weight is 290 g/mol. The summed E-state index contributed by atoms with van der Waals surface area (Å²) in [5.74, 6) is -0.233. The summed E-state index contributed by atoms with van der Waals surface area (Å²) < 4.78 is 1.05. The van der Waals surface area contributed by atoms with Gasteiger partial charge in [-0.3, -0.25) is 9.59 Å². The lowest BCUT2D eigenvalue weighted by molar-refractivity contribution is -0.134. The van der Waals surface area contributed by atoms with E-state index >= 15 is 0 Å². The summed E-state index contributed by atoms with van der Waals surface area (Å²) in [6, 6.07) is 1.97. The fraction of sp³-hybridized carbons (Fsp3) is 0.400. The van der Waals surface area contributed by atoms with Crippen LogP contribution in [0.5, 0.6) is 0 Å². The Morgan fingerprint density at radius 1 is 1.53 bits per heavy atom. The summed E-state index contributed by atoms with van der Waals surface area (Å²) in [4.78, 5) is 23.8. The van der Waals surface area contributed by atoms with Gasteiger partial charge < -0.3 is 4.90 Å². The zero-order valence-corrected chi connectivity index (χ0v) is 11.0. The molecule has 0 aliphatic heterocycles. The number of Topliss-reactive ketones (excluding diaryl/α,β-unsaturated/α-hetero) is 1. The molecule has 0 atom stereocenters. The van der Waals surface area contributed by atoms with Crippen molar-refractivity contribution in [1.29, 1.82) is 0 Å². The summed E-state index contributed by atoms with van der Waals surface area (Å²) in [7, 11) is 1.71. The third kappa shape index (κ3) is 4.13. The minimum atomic E-state index is -0.134. The second-order valence-electron chi connectivity index (χ2n) is 3.39. The molecular weight excluding hydrogens is 278 g/mol. The number of hydrogen-bond donors (Lipinski definition) is 0. The Morgan fingerprint density at radius 3 is 2.67 bits per heavy atom. The van der Waals surface area contributed by atoms with E-state index in [0.29, 0.717) is 6.54 Å². The maximum atomic E-state index is 11.5. The molecule has 1 amide bonds.